The number of anilines is 2. The Morgan fingerprint density at radius 1 is 1.25 bits per heavy atom. The molecule has 0 radical (unpaired) electrons. The Bertz CT molecular complexity index is 577. The van der Waals surface area contributed by atoms with Crippen molar-refractivity contribution in [3.05, 3.63) is 47.8 Å². The van der Waals surface area contributed by atoms with E-state index in [4.69, 9.17) is 5.73 Å². The second-order valence-corrected chi connectivity index (χ2v) is 5.46. The van der Waals surface area contributed by atoms with Crippen LogP contribution in [0.1, 0.15) is 24.5 Å². The van der Waals surface area contributed by atoms with E-state index in [1.165, 1.54) is 11.3 Å². The first-order chi connectivity index (χ1) is 9.74. The van der Waals surface area contributed by atoms with Crippen LogP contribution in [0.4, 0.5) is 11.6 Å². The molecule has 1 unspecified atom stereocenters. The largest absolute Gasteiger partial charge is 0.328 e. The molecule has 20 heavy (non-hydrogen) atoms. The zero-order chi connectivity index (χ0) is 13.9. The summed E-state index contributed by atoms with van der Waals surface area (Å²) < 4.78 is 0. The highest BCUT2D eigenvalue weighted by atomic mass is 15.3. The summed E-state index contributed by atoms with van der Waals surface area (Å²) in [6, 6.07) is 8.64. The number of benzene rings is 1. The summed E-state index contributed by atoms with van der Waals surface area (Å²) in [6.45, 7) is 2.97. The summed E-state index contributed by atoms with van der Waals surface area (Å²) in [7, 11) is 0. The second kappa shape index (κ2) is 5.59. The normalized spacial score (nSPS) is 15.8. The molecule has 0 saturated heterocycles. The van der Waals surface area contributed by atoms with Gasteiger partial charge in [0.15, 0.2) is 0 Å². The Kier molecular flexibility index (Phi) is 3.65. The molecule has 0 saturated carbocycles. The van der Waals surface area contributed by atoms with Gasteiger partial charge in [-0.15, -0.1) is 0 Å². The van der Waals surface area contributed by atoms with E-state index in [2.05, 4.69) is 39.1 Å². The van der Waals surface area contributed by atoms with Crippen LogP contribution in [-0.2, 0) is 12.8 Å². The Labute approximate surface area is 119 Å². The predicted molar refractivity (Wildman–Crippen MR) is 81.2 cm³/mol. The molecule has 104 valence electrons. The van der Waals surface area contributed by atoms with Crippen LogP contribution in [0, 0.1) is 0 Å². The van der Waals surface area contributed by atoms with Gasteiger partial charge in [0.05, 0.1) is 0 Å². The minimum absolute atomic E-state index is 0.139. The third-order valence-corrected chi connectivity index (χ3v) is 3.60. The molecule has 2 aromatic rings. The van der Waals surface area contributed by atoms with E-state index < -0.39 is 0 Å². The molecule has 0 bridgehead atoms. The summed E-state index contributed by atoms with van der Waals surface area (Å²) in [5.41, 5.74) is 9.51. The topological polar surface area (TPSA) is 55.0 Å². The molecule has 1 aliphatic rings. The maximum Gasteiger partial charge on any atom is 0.229 e. The van der Waals surface area contributed by atoms with Crippen LogP contribution in [0.25, 0.3) is 0 Å². The molecule has 2 heterocycles. The summed E-state index contributed by atoms with van der Waals surface area (Å²) in [6.07, 6.45) is 6.88. The standard InChI is InChI=1S/C16H20N4/c1-12(17)9-13-10-18-16(19-11-13)20-8-4-6-14-5-2-3-7-15(14)20/h2-3,5,7,10-12H,4,6,8-9,17H2,1H3. The number of hydrogen-bond acceptors (Lipinski definition) is 4. The summed E-state index contributed by atoms with van der Waals surface area (Å²) in [5, 5.41) is 0. The lowest BCUT2D eigenvalue weighted by molar-refractivity contribution is 0.725. The Morgan fingerprint density at radius 3 is 2.75 bits per heavy atom. The zero-order valence-electron chi connectivity index (χ0n) is 11.8. The maximum atomic E-state index is 5.80. The van der Waals surface area contributed by atoms with E-state index >= 15 is 0 Å². The quantitative estimate of drug-likeness (QED) is 0.929. The highest BCUT2D eigenvalue weighted by molar-refractivity contribution is 5.63. The molecule has 0 fully saturated rings. The minimum atomic E-state index is 0.139. The van der Waals surface area contributed by atoms with Crippen LogP contribution in [0.2, 0.25) is 0 Å². The average molecular weight is 268 g/mol. The van der Waals surface area contributed by atoms with Crippen molar-refractivity contribution < 1.29 is 0 Å². The van der Waals surface area contributed by atoms with E-state index in [-0.39, 0.29) is 6.04 Å². The van der Waals surface area contributed by atoms with Gasteiger partial charge >= 0.3 is 0 Å². The van der Waals surface area contributed by atoms with Gasteiger partial charge in [-0.05, 0) is 43.4 Å². The first-order valence-corrected chi connectivity index (χ1v) is 7.16. The maximum absolute atomic E-state index is 5.80. The van der Waals surface area contributed by atoms with Crippen LogP contribution in [0.3, 0.4) is 0 Å². The lowest BCUT2D eigenvalue weighted by atomic mass is 10.0. The van der Waals surface area contributed by atoms with Crippen LogP contribution in [0.15, 0.2) is 36.7 Å². The van der Waals surface area contributed by atoms with Gasteiger partial charge in [0, 0.05) is 30.7 Å². The molecule has 0 amide bonds. The lowest BCUT2D eigenvalue weighted by Crippen LogP contribution is -2.26. The Balaban J connectivity index is 1.87. The number of nitrogens with two attached hydrogens (primary N) is 1. The molecule has 0 spiro atoms. The fourth-order valence-electron chi connectivity index (χ4n) is 2.71. The smallest absolute Gasteiger partial charge is 0.229 e. The number of nitrogens with zero attached hydrogens (tertiary/aromatic N) is 3. The first kappa shape index (κ1) is 13.1. The highest BCUT2D eigenvalue weighted by Gasteiger charge is 2.19. The monoisotopic (exact) mass is 268 g/mol. The summed E-state index contributed by atoms with van der Waals surface area (Å²) >= 11 is 0. The van der Waals surface area contributed by atoms with E-state index in [1.807, 2.05) is 19.3 Å². The van der Waals surface area contributed by atoms with Crippen molar-refractivity contribution in [1.82, 2.24) is 9.97 Å². The number of para-hydroxylation sites is 1. The second-order valence-electron chi connectivity index (χ2n) is 5.46. The van der Waals surface area contributed by atoms with E-state index in [0.717, 1.165) is 37.3 Å². The molecule has 1 aromatic carbocycles. The van der Waals surface area contributed by atoms with Gasteiger partial charge in [-0.3, -0.25) is 0 Å². The predicted octanol–water partition coefficient (Wildman–Crippen LogP) is 2.45. The van der Waals surface area contributed by atoms with Crippen molar-refractivity contribution in [3.8, 4) is 0 Å². The van der Waals surface area contributed by atoms with Crippen LogP contribution in [0.5, 0.6) is 0 Å². The fraction of sp³-hybridized carbons (Fsp3) is 0.375. The number of rotatable bonds is 3. The number of aryl methyl sites for hydroxylation is 1. The van der Waals surface area contributed by atoms with E-state index in [0.29, 0.717) is 0 Å². The van der Waals surface area contributed by atoms with Crippen LogP contribution < -0.4 is 10.6 Å². The van der Waals surface area contributed by atoms with Gasteiger partial charge in [-0.2, -0.15) is 0 Å². The third-order valence-electron chi connectivity index (χ3n) is 3.60. The first-order valence-electron chi connectivity index (χ1n) is 7.16. The minimum Gasteiger partial charge on any atom is -0.328 e. The van der Waals surface area contributed by atoms with Crippen molar-refractivity contribution in [2.24, 2.45) is 5.73 Å². The van der Waals surface area contributed by atoms with Crippen molar-refractivity contribution in [2.45, 2.75) is 32.2 Å². The fourth-order valence-corrected chi connectivity index (χ4v) is 2.71. The van der Waals surface area contributed by atoms with Crippen molar-refractivity contribution >= 4 is 11.6 Å². The van der Waals surface area contributed by atoms with E-state index in [9.17, 15) is 0 Å². The molecule has 1 aliphatic heterocycles. The summed E-state index contributed by atoms with van der Waals surface area (Å²) in [5.74, 6) is 0.783. The van der Waals surface area contributed by atoms with Gasteiger partial charge in [0.1, 0.15) is 0 Å². The van der Waals surface area contributed by atoms with Crippen LogP contribution >= 0.6 is 0 Å². The van der Waals surface area contributed by atoms with Crippen molar-refractivity contribution in [3.63, 3.8) is 0 Å². The Morgan fingerprint density at radius 2 is 2.00 bits per heavy atom. The third kappa shape index (κ3) is 2.65. The molecular weight excluding hydrogens is 248 g/mol. The summed E-state index contributed by atoms with van der Waals surface area (Å²) in [4.78, 5) is 11.2. The van der Waals surface area contributed by atoms with Crippen molar-refractivity contribution in [1.29, 1.82) is 0 Å². The zero-order valence-corrected chi connectivity index (χ0v) is 11.8. The molecular formula is C16H20N4. The van der Waals surface area contributed by atoms with Crippen LogP contribution in [-0.4, -0.2) is 22.6 Å². The van der Waals surface area contributed by atoms with Gasteiger partial charge < -0.3 is 10.6 Å². The number of hydrogen-bond donors (Lipinski definition) is 1. The molecule has 0 aliphatic carbocycles. The molecule has 1 atom stereocenters. The SMILES string of the molecule is CC(N)Cc1cnc(N2CCCc3ccccc32)nc1. The van der Waals surface area contributed by atoms with Gasteiger partial charge in [0.2, 0.25) is 5.95 Å². The highest BCUT2D eigenvalue weighted by Crippen LogP contribution is 2.30. The molecule has 4 nitrogen and oxygen atoms in total. The number of aromatic nitrogens is 2. The van der Waals surface area contributed by atoms with E-state index in [1.54, 1.807) is 0 Å². The van der Waals surface area contributed by atoms with Gasteiger partial charge in [-0.25, -0.2) is 9.97 Å². The molecule has 2 N–H and O–H groups in total. The molecule has 1 aromatic heterocycles. The lowest BCUT2D eigenvalue weighted by Gasteiger charge is -2.29. The van der Waals surface area contributed by atoms with Crippen molar-refractivity contribution in [2.75, 3.05) is 11.4 Å². The number of fused-ring (bicyclic) bond motifs is 1. The molecule has 4 heteroatoms. The average Bonchev–Trinajstić information content (AvgIpc) is 2.47. The molecule has 3 rings (SSSR count). The Hall–Kier alpha value is -1.94. The van der Waals surface area contributed by atoms with Gasteiger partial charge in [0.25, 0.3) is 0 Å². The van der Waals surface area contributed by atoms with Gasteiger partial charge in [-0.1, -0.05) is 18.2 Å².